The highest BCUT2D eigenvalue weighted by Gasteiger charge is 2.38. The zero-order chi connectivity index (χ0) is 20.1. The fourth-order valence-electron chi connectivity index (χ4n) is 4.39. The minimum Gasteiger partial charge on any atom is -0.333 e. The Bertz CT molecular complexity index is 903. The van der Waals surface area contributed by atoms with Crippen molar-refractivity contribution < 1.29 is 18.8 Å². The smallest absolute Gasteiger partial charge is 0.239 e. The summed E-state index contributed by atoms with van der Waals surface area (Å²) < 4.78 is 14.3. The van der Waals surface area contributed by atoms with Gasteiger partial charge in [0, 0.05) is 19.5 Å². The standard InChI is InChI=1S/C22H25FN2O3/c1-22(2)7-5-13(6-8-22)17-10-15(23)9-14-11-25(12-18(14)17)21(28)16-3-4-19(26)24-20(16)27/h5,9-10,16H,3-4,6-8,11-12H2,1-2H3,(H,24,26,27). The van der Waals surface area contributed by atoms with Crippen LogP contribution in [0.1, 0.15) is 62.6 Å². The molecule has 1 unspecified atom stereocenters. The average Bonchev–Trinajstić information content (AvgIpc) is 3.04. The summed E-state index contributed by atoms with van der Waals surface area (Å²) in [6, 6.07) is 3.06. The molecule has 1 aliphatic carbocycles. The third-order valence-electron chi connectivity index (χ3n) is 6.18. The van der Waals surface area contributed by atoms with Crippen molar-refractivity contribution >= 4 is 23.3 Å². The molecule has 1 saturated heterocycles. The van der Waals surface area contributed by atoms with Gasteiger partial charge in [-0.2, -0.15) is 0 Å². The van der Waals surface area contributed by atoms with E-state index in [9.17, 15) is 18.8 Å². The van der Waals surface area contributed by atoms with Crippen molar-refractivity contribution in [3.63, 3.8) is 0 Å². The number of hydrogen-bond donors (Lipinski definition) is 1. The first-order valence-corrected chi connectivity index (χ1v) is 9.87. The maximum Gasteiger partial charge on any atom is 0.239 e. The lowest BCUT2D eigenvalue weighted by Gasteiger charge is -2.29. The van der Waals surface area contributed by atoms with Gasteiger partial charge in [-0.05, 0) is 65.5 Å². The number of rotatable bonds is 2. The molecule has 1 fully saturated rings. The molecule has 0 saturated carbocycles. The Morgan fingerprint density at radius 3 is 2.68 bits per heavy atom. The van der Waals surface area contributed by atoms with Gasteiger partial charge in [0.05, 0.1) is 0 Å². The Morgan fingerprint density at radius 2 is 2.00 bits per heavy atom. The third-order valence-corrected chi connectivity index (χ3v) is 6.18. The van der Waals surface area contributed by atoms with Crippen LogP contribution in [0.5, 0.6) is 0 Å². The van der Waals surface area contributed by atoms with Gasteiger partial charge >= 0.3 is 0 Å². The number of nitrogens with one attached hydrogen (secondary N) is 1. The lowest BCUT2D eigenvalue weighted by Crippen LogP contribution is -2.47. The maximum atomic E-state index is 14.3. The van der Waals surface area contributed by atoms with Gasteiger partial charge < -0.3 is 4.90 Å². The molecule has 0 spiro atoms. The molecule has 5 nitrogen and oxygen atoms in total. The summed E-state index contributed by atoms with van der Waals surface area (Å²) in [4.78, 5) is 37.9. The van der Waals surface area contributed by atoms with Crippen molar-refractivity contribution in [2.45, 2.75) is 59.0 Å². The van der Waals surface area contributed by atoms with Gasteiger partial charge in [-0.3, -0.25) is 19.7 Å². The molecule has 1 N–H and O–H groups in total. The van der Waals surface area contributed by atoms with Crippen molar-refractivity contribution in [2.24, 2.45) is 11.3 Å². The quantitative estimate of drug-likeness (QED) is 0.628. The van der Waals surface area contributed by atoms with Crippen LogP contribution in [0.3, 0.4) is 0 Å². The van der Waals surface area contributed by atoms with E-state index in [1.165, 1.54) is 6.07 Å². The molecule has 0 radical (unpaired) electrons. The summed E-state index contributed by atoms with van der Waals surface area (Å²) in [6.07, 6.45) is 5.49. The van der Waals surface area contributed by atoms with Crippen LogP contribution in [0.15, 0.2) is 18.2 Å². The van der Waals surface area contributed by atoms with E-state index >= 15 is 0 Å². The number of hydrogen-bond acceptors (Lipinski definition) is 3. The molecular weight excluding hydrogens is 359 g/mol. The van der Waals surface area contributed by atoms with Crippen molar-refractivity contribution in [1.29, 1.82) is 0 Å². The fraction of sp³-hybridized carbons (Fsp3) is 0.500. The Labute approximate surface area is 164 Å². The van der Waals surface area contributed by atoms with Crippen LogP contribution < -0.4 is 5.32 Å². The van der Waals surface area contributed by atoms with Gasteiger partial charge in [-0.1, -0.05) is 19.9 Å². The van der Waals surface area contributed by atoms with Crippen LogP contribution in [-0.4, -0.2) is 22.6 Å². The summed E-state index contributed by atoms with van der Waals surface area (Å²) >= 11 is 0. The van der Waals surface area contributed by atoms with Gasteiger partial charge in [-0.15, -0.1) is 0 Å². The molecule has 0 aromatic heterocycles. The summed E-state index contributed by atoms with van der Waals surface area (Å²) in [7, 11) is 0. The van der Waals surface area contributed by atoms with Crippen LogP contribution in [0.2, 0.25) is 0 Å². The number of imide groups is 1. The topological polar surface area (TPSA) is 66.5 Å². The van der Waals surface area contributed by atoms with E-state index in [1.807, 2.05) is 0 Å². The van der Waals surface area contributed by atoms with E-state index in [-0.39, 0.29) is 35.9 Å². The summed E-state index contributed by atoms with van der Waals surface area (Å²) in [5.74, 6) is -2.28. The largest absolute Gasteiger partial charge is 0.333 e. The normalized spacial score (nSPS) is 23.9. The van der Waals surface area contributed by atoms with Crippen molar-refractivity contribution in [2.75, 3.05) is 0 Å². The highest BCUT2D eigenvalue weighted by molar-refractivity contribution is 6.08. The van der Waals surface area contributed by atoms with E-state index in [1.54, 1.807) is 11.0 Å². The van der Waals surface area contributed by atoms with E-state index in [2.05, 4.69) is 25.2 Å². The molecule has 3 aliphatic rings. The fourth-order valence-corrected chi connectivity index (χ4v) is 4.39. The summed E-state index contributed by atoms with van der Waals surface area (Å²) in [6.45, 7) is 5.14. The van der Waals surface area contributed by atoms with E-state index in [4.69, 9.17) is 0 Å². The number of carbonyl (C=O) groups excluding carboxylic acids is 3. The van der Waals surface area contributed by atoms with Gasteiger partial charge in [0.15, 0.2) is 0 Å². The Balaban J connectivity index is 1.58. The molecule has 1 aromatic rings. The number of allylic oxidation sites excluding steroid dienone is 2. The lowest BCUT2D eigenvalue weighted by atomic mass is 9.76. The molecule has 2 aliphatic heterocycles. The van der Waals surface area contributed by atoms with Crippen LogP contribution in [-0.2, 0) is 27.5 Å². The first-order valence-electron chi connectivity index (χ1n) is 9.87. The molecule has 148 valence electrons. The first-order chi connectivity index (χ1) is 13.2. The van der Waals surface area contributed by atoms with E-state index in [0.29, 0.717) is 13.1 Å². The Hall–Kier alpha value is -2.50. The monoisotopic (exact) mass is 384 g/mol. The van der Waals surface area contributed by atoms with Crippen LogP contribution in [0, 0.1) is 17.2 Å². The molecule has 4 rings (SSSR count). The molecule has 3 amide bonds. The highest BCUT2D eigenvalue weighted by Crippen LogP contribution is 2.41. The molecule has 1 aromatic carbocycles. The van der Waals surface area contributed by atoms with Crippen LogP contribution in [0.4, 0.5) is 4.39 Å². The number of carbonyl (C=O) groups is 3. The zero-order valence-electron chi connectivity index (χ0n) is 16.3. The first kappa shape index (κ1) is 18.8. The van der Waals surface area contributed by atoms with Gasteiger partial charge in [0.25, 0.3) is 0 Å². The molecule has 28 heavy (non-hydrogen) atoms. The van der Waals surface area contributed by atoms with Gasteiger partial charge in [-0.25, -0.2) is 4.39 Å². The number of halogens is 1. The molecule has 2 heterocycles. The SMILES string of the molecule is CC1(C)CC=C(c2cc(F)cc3c2CN(C(=O)C2CCC(=O)NC2=O)C3)CC1. The maximum absolute atomic E-state index is 14.3. The van der Waals surface area contributed by atoms with E-state index in [0.717, 1.165) is 41.5 Å². The Kier molecular flexibility index (Phi) is 4.60. The predicted octanol–water partition coefficient (Wildman–Crippen LogP) is 3.31. The lowest BCUT2D eigenvalue weighted by molar-refractivity contribution is -0.146. The number of benzene rings is 1. The highest BCUT2D eigenvalue weighted by atomic mass is 19.1. The van der Waals surface area contributed by atoms with Gasteiger partial charge in [0.2, 0.25) is 17.7 Å². The van der Waals surface area contributed by atoms with Gasteiger partial charge in [0.1, 0.15) is 11.7 Å². The second-order valence-corrected chi connectivity index (χ2v) is 8.89. The number of fused-ring (bicyclic) bond motifs is 1. The molecule has 1 atom stereocenters. The summed E-state index contributed by atoms with van der Waals surface area (Å²) in [5, 5.41) is 2.24. The van der Waals surface area contributed by atoms with Crippen molar-refractivity contribution in [3.05, 3.63) is 40.7 Å². The van der Waals surface area contributed by atoms with E-state index < -0.39 is 11.8 Å². The third kappa shape index (κ3) is 3.48. The number of nitrogens with zero attached hydrogens (tertiary/aromatic N) is 1. The van der Waals surface area contributed by atoms with Crippen LogP contribution >= 0.6 is 0 Å². The minimum absolute atomic E-state index is 0.172. The van der Waals surface area contributed by atoms with Crippen molar-refractivity contribution in [3.8, 4) is 0 Å². The second kappa shape index (κ2) is 6.83. The average molecular weight is 384 g/mol. The summed E-state index contributed by atoms with van der Waals surface area (Å²) in [5.41, 5.74) is 4.08. The number of amides is 3. The molecule has 6 heteroatoms. The molecular formula is C22H25FN2O3. The second-order valence-electron chi connectivity index (χ2n) is 8.89. The zero-order valence-corrected chi connectivity index (χ0v) is 16.3. The Morgan fingerprint density at radius 1 is 1.21 bits per heavy atom. The predicted molar refractivity (Wildman–Crippen MR) is 102 cm³/mol. The minimum atomic E-state index is -0.838. The molecule has 0 bridgehead atoms. The number of piperidine rings is 1. The van der Waals surface area contributed by atoms with Crippen LogP contribution in [0.25, 0.3) is 5.57 Å². The van der Waals surface area contributed by atoms with Crippen molar-refractivity contribution in [1.82, 2.24) is 10.2 Å².